The van der Waals surface area contributed by atoms with Crippen molar-refractivity contribution in [2.24, 2.45) is 10.7 Å². The summed E-state index contributed by atoms with van der Waals surface area (Å²) in [6, 6.07) is 4.78. The first-order chi connectivity index (χ1) is 10.0. The molecule has 6 nitrogen and oxygen atoms in total. The molecule has 2 aliphatic rings. The molecule has 3 rings (SSSR count). The van der Waals surface area contributed by atoms with Crippen LogP contribution in [0.25, 0.3) is 0 Å². The van der Waals surface area contributed by atoms with Gasteiger partial charge in [-0.15, -0.1) is 12.4 Å². The van der Waals surface area contributed by atoms with Crippen LogP contribution in [0.3, 0.4) is 0 Å². The fourth-order valence-corrected chi connectivity index (χ4v) is 2.88. The Kier molecular flexibility index (Phi) is 4.46. The normalized spacial score (nSPS) is 18.6. The summed E-state index contributed by atoms with van der Waals surface area (Å²) < 4.78 is 18.5. The number of hydrogen-bond acceptors (Lipinski definition) is 5. The Morgan fingerprint density at radius 3 is 2.77 bits per heavy atom. The number of carbonyl (C=O) groups excluding carboxylic acids is 1. The monoisotopic (exact) mass is 328 g/mol. The Labute approximate surface area is 133 Å². The Bertz CT molecular complexity index is 615. The standard InChI is InChI=1S/C14H17FN4O2.ClH/c1-21-13(20)19-7-5-14(6-8-19)17-10-4-2-3-9(15)11(10)12(16)18-14;/h2-4,17H,5-8H2,1H3,(H2,16,18);1H. The summed E-state index contributed by atoms with van der Waals surface area (Å²) in [5.74, 6) is -0.184. The van der Waals surface area contributed by atoms with Gasteiger partial charge in [-0.2, -0.15) is 0 Å². The van der Waals surface area contributed by atoms with Crippen LogP contribution >= 0.6 is 12.4 Å². The number of halogens is 2. The molecule has 0 aromatic heterocycles. The number of anilines is 1. The number of amides is 1. The van der Waals surface area contributed by atoms with Gasteiger partial charge >= 0.3 is 6.09 Å². The van der Waals surface area contributed by atoms with E-state index in [-0.39, 0.29) is 30.2 Å². The maximum Gasteiger partial charge on any atom is 0.409 e. The Balaban J connectivity index is 0.00000176. The van der Waals surface area contributed by atoms with Crippen LogP contribution in [0.2, 0.25) is 0 Å². The molecule has 0 aliphatic carbocycles. The van der Waals surface area contributed by atoms with Crippen LogP contribution in [0.5, 0.6) is 0 Å². The van der Waals surface area contributed by atoms with Gasteiger partial charge in [0.1, 0.15) is 17.3 Å². The summed E-state index contributed by atoms with van der Waals surface area (Å²) in [6.07, 6.45) is 0.849. The van der Waals surface area contributed by atoms with E-state index < -0.39 is 5.66 Å². The predicted octanol–water partition coefficient (Wildman–Crippen LogP) is 1.94. The Morgan fingerprint density at radius 2 is 2.14 bits per heavy atom. The third kappa shape index (κ3) is 2.68. The maximum atomic E-state index is 13.8. The number of likely N-dealkylation sites (tertiary alicyclic amines) is 1. The van der Waals surface area contributed by atoms with Gasteiger partial charge in [-0.1, -0.05) is 6.07 Å². The number of methoxy groups -OCH3 is 1. The van der Waals surface area contributed by atoms with E-state index in [4.69, 9.17) is 10.5 Å². The number of piperidine rings is 1. The highest BCUT2D eigenvalue weighted by atomic mass is 35.5. The number of nitrogens with zero attached hydrogens (tertiary/aromatic N) is 2. The summed E-state index contributed by atoms with van der Waals surface area (Å²) in [4.78, 5) is 17.6. The van der Waals surface area contributed by atoms with Crippen LogP contribution in [0.15, 0.2) is 23.2 Å². The van der Waals surface area contributed by atoms with Gasteiger partial charge in [0, 0.05) is 31.6 Å². The first-order valence-electron chi connectivity index (χ1n) is 6.80. The maximum absolute atomic E-state index is 13.8. The Morgan fingerprint density at radius 1 is 1.45 bits per heavy atom. The number of ether oxygens (including phenoxy) is 1. The van der Waals surface area contributed by atoms with Crippen LogP contribution in [0.1, 0.15) is 18.4 Å². The molecule has 1 aromatic carbocycles. The predicted molar refractivity (Wildman–Crippen MR) is 83.9 cm³/mol. The Hall–Kier alpha value is -2.02. The van der Waals surface area contributed by atoms with E-state index in [1.807, 2.05) is 0 Å². The molecular formula is C14H18ClFN4O2. The molecule has 1 fully saturated rings. The largest absolute Gasteiger partial charge is 0.453 e. The average molecular weight is 329 g/mol. The zero-order valence-electron chi connectivity index (χ0n) is 12.1. The fourth-order valence-electron chi connectivity index (χ4n) is 2.88. The summed E-state index contributed by atoms with van der Waals surface area (Å²) in [5, 5.41) is 3.27. The summed E-state index contributed by atoms with van der Waals surface area (Å²) in [6.45, 7) is 1.03. The van der Waals surface area contributed by atoms with Crippen LogP contribution < -0.4 is 11.1 Å². The quantitative estimate of drug-likeness (QED) is 0.762. The number of carbonyl (C=O) groups is 1. The molecule has 1 aromatic rings. The molecule has 0 bridgehead atoms. The lowest BCUT2D eigenvalue weighted by Gasteiger charge is -2.42. The average Bonchev–Trinajstić information content (AvgIpc) is 2.47. The highest BCUT2D eigenvalue weighted by molar-refractivity contribution is 6.04. The lowest BCUT2D eigenvalue weighted by molar-refractivity contribution is 0.104. The molecule has 3 N–H and O–H groups in total. The zero-order valence-corrected chi connectivity index (χ0v) is 13.0. The SMILES string of the molecule is COC(=O)N1CCC2(CC1)N=C(N)c1c(F)cccc1N2.Cl. The van der Waals surface area contributed by atoms with Gasteiger partial charge in [0.25, 0.3) is 0 Å². The van der Waals surface area contributed by atoms with Gasteiger partial charge < -0.3 is 20.7 Å². The van der Waals surface area contributed by atoms with Crippen molar-refractivity contribution in [3.63, 3.8) is 0 Å². The van der Waals surface area contributed by atoms with E-state index in [0.29, 0.717) is 37.2 Å². The van der Waals surface area contributed by atoms with Gasteiger partial charge in [-0.25, -0.2) is 14.2 Å². The lowest BCUT2D eigenvalue weighted by atomic mass is 9.94. The second-order valence-electron chi connectivity index (χ2n) is 5.27. The van der Waals surface area contributed by atoms with Crippen molar-refractivity contribution in [1.29, 1.82) is 0 Å². The number of rotatable bonds is 0. The summed E-state index contributed by atoms with van der Waals surface area (Å²) in [5.41, 5.74) is 6.33. The molecule has 0 atom stereocenters. The number of hydrogen-bond donors (Lipinski definition) is 2. The molecule has 120 valence electrons. The van der Waals surface area contributed by atoms with Crippen LogP contribution in [-0.2, 0) is 4.74 Å². The molecule has 2 heterocycles. The third-order valence-electron chi connectivity index (χ3n) is 3.99. The summed E-state index contributed by atoms with van der Waals surface area (Å²) in [7, 11) is 1.36. The second kappa shape index (κ2) is 6.00. The molecular weight excluding hydrogens is 311 g/mol. The van der Waals surface area contributed by atoms with Gasteiger partial charge in [-0.05, 0) is 12.1 Å². The minimum Gasteiger partial charge on any atom is -0.453 e. The van der Waals surface area contributed by atoms with E-state index in [1.54, 1.807) is 17.0 Å². The van der Waals surface area contributed by atoms with E-state index in [2.05, 4.69) is 10.3 Å². The number of nitrogens with one attached hydrogen (secondary N) is 1. The second-order valence-corrected chi connectivity index (χ2v) is 5.27. The fraction of sp³-hybridized carbons (Fsp3) is 0.429. The van der Waals surface area contributed by atoms with Gasteiger partial charge in [0.05, 0.1) is 12.7 Å². The van der Waals surface area contributed by atoms with E-state index in [0.717, 1.165) is 0 Å². The van der Waals surface area contributed by atoms with Crippen LogP contribution in [0.4, 0.5) is 14.9 Å². The van der Waals surface area contributed by atoms with Crippen molar-refractivity contribution >= 4 is 30.0 Å². The minimum atomic E-state index is -0.574. The molecule has 0 radical (unpaired) electrons. The first kappa shape index (κ1) is 16.4. The molecule has 1 spiro atoms. The van der Waals surface area contributed by atoms with Crippen molar-refractivity contribution in [3.8, 4) is 0 Å². The smallest absolute Gasteiger partial charge is 0.409 e. The van der Waals surface area contributed by atoms with Crippen molar-refractivity contribution in [3.05, 3.63) is 29.6 Å². The topological polar surface area (TPSA) is 80.0 Å². The number of aliphatic imine (C=N–C) groups is 1. The molecule has 22 heavy (non-hydrogen) atoms. The van der Waals surface area contributed by atoms with Crippen LogP contribution in [0, 0.1) is 5.82 Å². The van der Waals surface area contributed by atoms with Gasteiger partial charge in [-0.3, -0.25) is 0 Å². The highest BCUT2D eigenvalue weighted by Crippen LogP contribution is 2.34. The van der Waals surface area contributed by atoms with E-state index in [9.17, 15) is 9.18 Å². The lowest BCUT2D eigenvalue weighted by Crippen LogP contribution is -2.52. The highest BCUT2D eigenvalue weighted by Gasteiger charge is 2.39. The van der Waals surface area contributed by atoms with Gasteiger partial charge in [0.2, 0.25) is 0 Å². The number of amidine groups is 1. The van der Waals surface area contributed by atoms with Crippen molar-refractivity contribution in [1.82, 2.24) is 4.90 Å². The number of nitrogens with two attached hydrogens (primary N) is 1. The molecule has 1 amide bonds. The van der Waals surface area contributed by atoms with E-state index in [1.165, 1.54) is 13.2 Å². The molecule has 2 aliphatic heterocycles. The number of fused-ring (bicyclic) bond motifs is 1. The van der Waals surface area contributed by atoms with Crippen molar-refractivity contribution in [2.45, 2.75) is 18.5 Å². The zero-order chi connectivity index (χ0) is 15.0. The summed E-state index contributed by atoms with van der Waals surface area (Å²) >= 11 is 0. The number of benzene rings is 1. The molecule has 8 heteroatoms. The minimum absolute atomic E-state index is 0. The van der Waals surface area contributed by atoms with E-state index >= 15 is 0 Å². The molecule has 0 unspecified atom stereocenters. The van der Waals surface area contributed by atoms with Crippen LogP contribution in [-0.4, -0.2) is 42.7 Å². The van der Waals surface area contributed by atoms with Crippen molar-refractivity contribution < 1.29 is 13.9 Å². The first-order valence-corrected chi connectivity index (χ1v) is 6.80. The van der Waals surface area contributed by atoms with Crippen molar-refractivity contribution in [2.75, 3.05) is 25.5 Å². The third-order valence-corrected chi connectivity index (χ3v) is 3.99. The van der Waals surface area contributed by atoms with Gasteiger partial charge in [0.15, 0.2) is 0 Å². The molecule has 0 saturated carbocycles. The molecule has 1 saturated heterocycles.